The zero-order valence-corrected chi connectivity index (χ0v) is 5.96. The zero-order chi connectivity index (χ0) is 8.15. The summed E-state index contributed by atoms with van der Waals surface area (Å²) in [4.78, 5) is 20.6. The third-order valence-electron chi connectivity index (χ3n) is 1.16. The summed E-state index contributed by atoms with van der Waals surface area (Å²) in [6.07, 6.45) is -0.403. The zero-order valence-electron chi connectivity index (χ0n) is 5.96. The first-order chi connectivity index (χ1) is 4.63. The van der Waals surface area contributed by atoms with Crippen LogP contribution in [0.25, 0.3) is 0 Å². The fourth-order valence-electron chi connectivity index (χ4n) is 0.597. The van der Waals surface area contributed by atoms with Crippen molar-refractivity contribution in [3.63, 3.8) is 0 Å². The van der Waals surface area contributed by atoms with Crippen LogP contribution >= 0.6 is 0 Å². The number of carboxylic acids is 1. The highest BCUT2D eigenvalue weighted by molar-refractivity contribution is 6.34. The maximum Gasteiger partial charge on any atom is 0.375 e. The minimum Gasteiger partial charge on any atom is -0.475 e. The summed E-state index contributed by atoms with van der Waals surface area (Å²) in [5, 5.41) is 8.19. The van der Waals surface area contributed by atoms with Crippen molar-refractivity contribution in [1.82, 2.24) is 0 Å². The molecule has 0 rings (SSSR count). The van der Waals surface area contributed by atoms with Crippen molar-refractivity contribution in [3.05, 3.63) is 0 Å². The Hall–Kier alpha value is -0.900. The Morgan fingerprint density at radius 3 is 2.20 bits per heavy atom. The molecule has 0 aliphatic carbocycles. The number of hydrogen-bond acceptors (Lipinski definition) is 3. The number of rotatable bonds is 4. The van der Waals surface area contributed by atoms with Gasteiger partial charge in [0.05, 0.1) is 0 Å². The van der Waals surface area contributed by atoms with E-state index in [1.165, 1.54) is 7.11 Å². The van der Waals surface area contributed by atoms with Crippen LogP contribution in [0.15, 0.2) is 0 Å². The monoisotopic (exact) mass is 146 g/mol. The first-order valence-electron chi connectivity index (χ1n) is 2.93. The van der Waals surface area contributed by atoms with E-state index in [9.17, 15) is 9.59 Å². The number of hydrogen-bond donors (Lipinski definition) is 1. The molecular weight excluding hydrogens is 136 g/mol. The van der Waals surface area contributed by atoms with Gasteiger partial charge in [-0.15, -0.1) is 0 Å². The lowest BCUT2D eigenvalue weighted by Gasteiger charge is -2.06. The molecule has 0 aromatic rings. The first-order valence-corrected chi connectivity index (χ1v) is 2.93. The topological polar surface area (TPSA) is 63.6 Å². The van der Waals surface area contributed by atoms with Crippen LogP contribution in [0.4, 0.5) is 0 Å². The lowest BCUT2D eigenvalue weighted by Crippen LogP contribution is -2.29. The number of Topliss-reactive ketones (excluding diaryl/α,β-unsaturated/α-hetero) is 1. The molecule has 0 aromatic heterocycles. The lowest BCUT2D eigenvalue weighted by molar-refractivity contribution is -0.154. The highest BCUT2D eigenvalue weighted by Gasteiger charge is 2.21. The molecule has 58 valence electrons. The second kappa shape index (κ2) is 4.00. The van der Waals surface area contributed by atoms with Crippen molar-refractivity contribution in [1.29, 1.82) is 0 Å². The second-order valence-corrected chi connectivity index (χ2v) is 1.80. The van der Waals surface area contributed by atoms with Crippen LogP contribution < -0.4 is 0 Å². The van der Waals surface area contributed by atoms with E-state index in [1.807, 2.05) is 0 Å². The van der Waals surface area contributed by atoms with Gasteiger partial charge in [0.15, 0.2) is 0 Å². The number of carbonyl (C=O) groups excluding carboxylic acids is 1. The van der Waals surface area contributed by atoms with E-state index >= 15 is 0 Å². The van der Waals surface area contributed by atoms with Crippen LogP contribution in [-0.4, -0.2) is 30.1 Å². The van der Waals surface area contributed by atoms with E-state index in [0.717, 1.165) is 0 Å². The van der Waals surface area contributed by atoms with Crippen LogP contribution in [0.1, 0.15) is 13.3 Å². The van der Waals surface area contributed by atoms with Crippen LogP contribution in [0.2, 0.25) is 0 Å². The number of ether oxygens (including phenoxy) is 1. The van der Waals surface area contributed by atoms with Crippen LogP contribution in [0, 0.1) is 0 Å². The molecule has 4 nitrogen and oxygen atoms in total. The maximum absolute atomic E-state index is 10.6. The Kier molecular flexibility index (Phi) is 3.64. The van der Waals surface area contributed by atoms with Crippen LogP contribution in [0.5, 0.6) is 0 Å². The van der Waals surface area contributed by atoms with Crippen molar-refractivity contribution >= 4 is 11.8 Å². The average molecular weight is 146 g/mol. The van der Waals surface area contributed by atoms with Crippen molar-refractivity contribution in [2.75, 3.05) is 7.11 Å². The van der Waals surface area contributed by atoms with E-state index in [-0.39, 0.29) is 0 Å². The van der Waals surface area contributed by atoms with Gasteiger partial charge in [-0.3, -0.25) is 4.79 Å². The molecule has 1 atom stereocenters. The smallest absolute Gasteiger partial charge is 0.375 e. The van der Waals surface area contributed by atoms with Gasteiger partial charge in [-0.2, -0.15) is 0 Å². The van der Waals surface area contributed by atoms with Gasteiger partial charge in [-0.25, -0.2) is 4.79 Å². The molecule has 0 aromatic carbocycles. The number of ketones is 1. The number of methoxy groups -OCH3 is 1. The molecule has 0 radical (unpaired) electrons. The van der Waals surface area contributed by atoms with Gasteiger partial charge in [-0.1, -0.05) is 6.92 Å². The predicted molar refractivity (Wildman–Crippen MR) is 33.7 cm³/mol. The molecule has 0 aliphatic heterocycles. The van der Waals surface area contributed by atoms with Gasteiger partial charge < -0.3 is 9.84 Å². The molecule has 0 bridgehead atoms. The number of carbonyl (C=O) groups is 2. The molecule has 0 heterocycles. The first kappa shape index (κ1) is 9.10. The summed E-state index contributed by atoms with van der Waals surface area (Å²) < 4.78 is 4.59. The van der Waals surface area contributed by atoms with Gasteiger partial charge in [0.2, 0.25) is 0 Å². The Morgan fingerprint density at radius 1 is 1.60 bits per heavy atom. The third-order valence-corrected chi connectivity index (χ3v) is 1.16. The minimum atomic E-state index is -1.44. The summed E-state index contributed by atoms with van der Waals surface area (Å²) in [6.45, 7) is 1.69. The minimum absolute atomic E-state index is 0.391. The molecule has 0 amide bonds. The summed E-state index contributed by atoms with van der Waals surface area (Å²) in [5.74, 6) is -2.32. The second-order valence-electron chi connectivity index (χ2n) is 1.80. The van der Waals surface area contributed by atoms with Gasteiger partial charge in [0, 0.05) is 7.11 Å². The van der Waals surface area contributed by atoms with Gasteiger partial charge in [0.25, 0.3) is 5.78 Å². The quantitative estimate of drug-likeness (QED) is 0.570. The molecule has 1 unspecified atom stereocenters. The molecule has 0 fully saturated rings. The standard InChI is InChI=1S/C6H10O4/c1-3-4(10-2)5(7)6(8)9/h4H,3H2,1-2H3,(H,8,9). The Balaban J connectivity index is 4.02. The Bertz CT molecular complexity index is 137. The van der Waals surface area contributed by atoms with Crippen molar-refractivity contribution in [2.45, 2.75) is 19.4 Å². The SMILES string of the molecule is CCC(OC)C(=O)C(=O)O. The fourth-order valence-corrected chi connectivity index (χ4v) is 0.597. The Morgan fingerprint density at radius 2 is 2.10 bits per heavy atom. The van der Waals surface area contributed by atoms with Crippen molar-refractivity contribution in [3.8, 4) is 0 Å². The van der Waals surface area contributed by atoms with Gasteiger partial charge >= 0.3 is 5.97 Å². The van der Waals surface area contributed by atoms with E-state index in [2.05, 4.69) is 4.74 Å². The number of aliphatic carboxylic acids is 1. The van der Waals surface area contributed by atoms with E-state index in [1.54, 1.807) is 6.92 Å². The molecule has 0 spiro atoms. The van der Waals surface area contributed by atoms with Crippen molar-refractivity contribution < 1.29 is 19.4 Å². The molecule has 10 heavy (non-hydrogen) atoms. The molecule has 0 aliphatic rings. The highest BCUT2D eigenvalue weighted by atomic mass is 16.5. The Labute approximate surface area is 58.8 Å². The summed E-state index contributed by atoms with van der Waals surface area (Å²) >= 11 is 0. The summed E-state index contributed by atoms with van der Waals surface area (Å²) in [5.41, 5.74) is 0. The third kappa shape index (κ3) is 2.14. The molecule has 4 heteroatoms. The average Bonchev–Trinajstić information content (AvgIpc) is 1.90. The fraction of sp³-hybridized carbons (Fsp3) is 0.667. The lowest BCUT2D eigenvalue weighted by atomic mass is 10.2. The van der Waals surface area contributed by atoms with E-state index in [4.69, 9.17) is 5.11 Å². The summed E-state index contributed by atoms with van der Waals surface area (Å²) in [6, 6.07) is 0. The molecule has 0 saturated carbocycles. The highest BCUT2D eigenvalue weighted by Crippen LogP contribution is 1.96. The van der Waals surface area contributed by atoms with E-state index in [0.29, 0.717) is 6.42 Å². The normalized spacial score (nSPS) is 12.6. The molecule has 0 saturated heterocycles. The van der Waals surface area contributed by atoms with Crippen LogP contribution in [-0.2, 0) is 14.3 Å². The predicted octanol–water partition coefficient (Wildman–Crippen LogP) is 0.0651. The number of carboxylic acid groups (broad SMARTS) is 1. The largest absolute Gasteiger partial charge is 0.475 e. The maximum atomic E-state index is 10.6. The molecule has 1 N–H and O–H groups in total. The van der Waals surface area contributed by atoms with Gasteiger partial charge in [-0.05, 0) is 6.42 Å². The van der Waals surface area contributed by atoms with Crippen molar-refractivity contribution in [2.24, 2.45) is 0 Å². The van der Waals surface area contributed by atoms with E-state index < -0.39 is 17.9 Å². The molecular formula is C6H10O4. The summed E-state index contributed by atoms with van der Waals surface area (Å²) in [7, 11) is 1.31. The van der Waals surface area contributed by atoms with Crippen LogP contribution in [0.3, 0.4) is 0 Å². The van der Waals surface area contributed by atoms with Gasteiger partial charge in [0.1, 0.15) is 6.10 Å².